The van der Waals surface area contributed by atoms with Gasteiger partial charge in [0.15, 0.2) is 0 Å². The first-order valence-electron chi connectivity index (χ1n) is 7.07. The lowest BCUT2D eigenvalue weighted by Crippen LogP contribution is -2.11. The Kier molecular flexibility index (Phi) is 5.17. The highest BCUT2D eigenvalue weighted by atomic mass is 16.3. The zero-order valence-corrected chi connectivity index (χ0v) is 11.5. The predicted octanol–water partition coefficient (Wildman–Crippen LogP) is 3.79. The third kappa shape index (κ3) is 4.53. The molecular weight excluding hydrogens is 232 g/mol. The summed E-state index contributed by atoms with van der Waals surface area (Å²) in [5.41, 5.74) is 3.86. The molecule has 0 aliphatic heterocycles. The monoisotopic (exact) mass is 254 g/mol. The van der Waals surface area contributed by atoms with Gasteiger partial charge >= 0.3 is 0 Å². The molecule has 1 heteroatoms. The normalized spacial score (nSPS) is 12.3. The van der Waals surface area contributed by atoms with E-state index < -0.39 is 0 Å². The molecule has 0 aliphatic carbocycles. The van der Waals surface area contributed by atoms with Crippen LogP contribution in [0.5, 0.6) is 0 Å². The van der Waals surface area contributed by atoms with Crippen molar-refractivity contribution in [3.05, 3.63) is 71.3 Å². The predicted molar refractivity (Wildman–Crippen MR) is 80.3 cm³/mol. The van der Waals surface area contributed by atoms with Gasteiger partial charge in [-0.15, -0.1) is 0 Å². The van der Waals surface area contributed by atoms with Crippen molar-refractivity contribution in [1.82, 2.24) is 0 Å². The summed E-state index contributed by atoms with van der Waals surface area (Å²) in [5, 5.41) is 10.1. The van der Waals surface area contributed by atoms with E-state index in [1.54, 1.807) is 0 Å². The molecule has 2 aromatic rings. The molecule has 0 saturated heterocycles. The van der Waals surface area contributed by atoms with Crippen LogP contribution in [-0.4, -0.2) is 11.2 Å². The molecule has 1 unspecified atom stereocenters. The number of aliphatic hydroxyl groups excluding tert-OH is 1. The van der Waals surface area contributed by atoms with Crippen LogP contribution in [0.2, 0.25) is 0 Å². The summed E-state index contributed by atoms with van der Waals surface area (Å²) in [5.74, 6) is 0. The Morgan fingerprint density at radius 2 is 1.47 bits per heavy atom. The van der Waals surface area contributed by atoms with Crippen LogP contribution in [0.1, 0.15) is 30.0 Å². The van der Waals surface area contributed by atoms with E-state index in [1.165, 1.54) is 16.7 Å². The molecule has 100 valence electrons. The number of benzene rings is 2. The molecule has 0 radical (unpaired) electrons. The highest BCUT2D eigenvalue weighted by Crippen LogP contribution is 2.11. The van der Waals surface area contributed by atoms with E-state index >= 15 is 0 Å². The van der Waals surface area contributed by atoms with Gasteiger partial charge in [0.1, 0.15) is 0 Å². The number of hydrogen-bond acceptors (Lipinski definition) is 1. The van der Waals surface area contributed by atoms with Gasteiger partial charge in [-0.1, -0.05) is 61.5 Å². The van der Waals surface area contributed by atoms with Gasteiger partial charge in [0, 0.05) is 0 Å². The van der Waals surface area contributed by atoms with Crippen molar-refractivity contribution in [2.75, 3.05) is 0 Å². The molecule has 2 rings (SSSR count). The molecule has 1 N–H and O–H groups in total. The molecule has 19 heavy (non-hydrogen) atoms. The van der Waals surface area contributed by atoms with Crippen molar-refractivity contribution in [2.24, 2.45) is 0 Å². The van der Waals surface area contributed by atoms with E-state index in [-0.39, 0.29) is 6.10 Å². The lowest BCUT2D eigenvalue weighted by Gasteiger charge is -2.11. The van der Waals surface area contributed by atoms with Crippen molar-refractivity contribution in [3.8, 4) is 0 Å². The van der Waals surface area contributed by atoms with Crippen molar-refractivity contribution in [1.29, 1.82) is 0 Å². The largest absolute Gasteiger partial charge is 0.393 e. The molecule has 0 fully saturated rings. The number of rotatable bonds is 6. The van der Waals surface area contributed by atoms with E-state index in [0.29, 0.717) is 0 Å². The SMILES string of the molecule is CCc1ccc(CC(O)CCc2ccccc2)cc1. The first-order chi connectivity index (χ1) is 9.28. The fourth-order valence-electron chi connectivity index (χ4n) is 2.26. The lowest BCUT2D eigenvalue weighted by molar-refractivity contribution is 0.165. The summed E-state index contributed by atoms with van der Waals surface area (Å²) in [4.78, 5) is 0. The van der Waals surface area contributed by atoms with Crippen molar-refractivity contribution in [2.45, 2.75) is 38.7 Å². The fraction of sp³-hybridized carbons (Fsp3) is 0.333. The highest BCUT2D eigenvalue weighted by molar-refractivity contribution is 5.23. The Hall–Kier alpha value is -1.60. The molecule has 0 bridgehead atoms. The summed E-state index contributed by atoms with van der Waals surface area (Å²) in [6.07, 6.45) is 3.31. The maximum atomic E-state index is 10.1. The molecule has 0 saturated carbocycles. The van der Waals surface area contributed by atoms with E-state index in [9.17, 15) is 5.11 Å². The third-order valence-electron chi connectivity index (χ3n) is 3.51. The van der Waals surface area contributed by atoms with Crippen LogP contribution in [0.3, 0.4) is 0 Å². The van der Waals surface area contributed by atoms with E-state index in [2.05, 4.69) is 43.3 Å². The van der Waals surface area contributed by atoms with Crippen molar-refractivity contribution >= 4 is 0 Å². The topological polar surface area (TPSA) is 20.2 Å². The van der Waals surface area contributed by atoms with Crippen LogP contribution in [0.25, 0.3) is 0 Å². The average Bonchev–Trinajstić information content (AvgIpc) is 2.47. The second-order valence-electron chi connectivity index (χ2n) is 5.05. The van der Waals surface area contributed by atoms with Gasteiger partial charge in [0.25, 0.3) is 0 Å². The van der Waals surface area contributed by atoms with Crippen molar-refractivity contribution in [3.63, 3.8) is 0 Å². The second kappa shape index (κ2) is 7.10. The third-order valence-corrected chi connectivity index (χ3v) is 3.51. The van der Waals surface area contributed by atoms with Gasteiger partial charge in [0.05, 0.1) is 6.10 Å². The summed E-state index contributed by atoms with van der Waals surface area (Å²) < 4.78 is 0. The minimum absolute atomic E-state index is 0.257. The minimum Gasteiger partial charge on any atom is -0.393 e. The Bertz CT molecular complexity index is 473. The van der Waals surface area contributed by atoms with Crippen LogP contribution in [0, 0.1) is 0 Å². The van der Waals surface area contributed by atoms with Gasteiger partial charge in [-0.2, -0.15) is 0 Å². The average molecular weight is 254 g/mol. The molecule has 0 spiro atoms. The zero-order valence-electron chi connectivity index (χ0n) is 11.5. The van der Waals surface area contributed by atoms with Gasteiger partial charge in [-0.3, -0.25) is 0 Å². The summed E-state index contributed by atoms with van der Waals surface area (Å²) in [6.45, 7) is 2.16. The fourth-order valence-corrected chi connectivity index (χ4v) is 2.26. The molecule has 0 aliphatic rings. The highest BCUT2D eigenvalue weighted by Gasteiger charge is 2.06. The van der Waals surface area contributed by atoms with Crippen LogP contribution >= 0.6 is 0 Å². The Morgan fingerprint density at radius 3 is 2.11 bits per heavy atom. The lowest BCUT2D eigenvalue weighted by atomic mass is 10.0. The summed E-state index contributed by atoms with van der Waals surface area (Å²) >= 11 is 0. The maximum Gasteiger partial charge on any atom is 0.0583 e. The smallest absolute Gasteiger partial charge is 0.0583 e. The summed E-state index contributed by atoms with van der Waals surface area (Å²) in [6, 6.07) is 18.9. The van der Waals surface area contributed by atoms with Crippen LogP contribution < -0.4 is 0 Å². The standard InChI is InChI=1S/C18H22O/c1-2-15-8-10-17(11-9-15)14-18(19)13-12-16-6-4-3-5-7-16/h3-11,18-19H,2,12-14H2,1H3. The number of hydrogen-bond donors (Lipinski definition) is 1. The van der Waals surface area contributed by atoms with Gasteiger partial charge < -0.3 is 5.11 Å². The zero-order chi connectivity index (χ0) is 13.5. The first-order valence-corrected chi connectivity index (χ1v) is 7.07. The van der Waals surface area contributed by atoms with E-state index in [1.807, 2.05) is 18.2 Å². The Balaban J connectivity index is 1.82. The molecule has 2 aromatic carbocycles. The van der Waals surface area contributed by atoms with Crippen LogP contribution in [-0.2, 0) is 19.3 Å². The Morgan fingerprint density at radius 1 is 0.842 bits per heavy atom. The quantitative estimate of drug-likeness (QED) is 0.831. The van der Waals surface area contributed by atoms with Crippen LogP contribution in [0.4, 0.5) is 0 Å². The molecular formula is C18H22O. The first kappa shape index (κ1) is 13.8. The van der Waals surface area contributed by atoms with Gasteiger partial charge in [-0.25, -0.2) is 0 Å². The second-order valence-corrected chi connectivity index (χ2v) is 5.05. The van der Waals surface area contributed by atoms with E-state index in [4.69, 9.17) is 0 Å². The number of aryl methyl sites for hydroxylation is 2. The Labute approximate surface area is 115 Å². The minimum atomic E-state index is -0.257. The van der Waals surface area contributed by atoms with E-state index in [0.717, 1.165) is 25.7 Å². The molecule has 0 aromatic heterocycles. The van der Waals surface area contributed by atoms with Crippen LogP contribution in [0.15, 0.2) is 54.6 Å². The maximum absolute atomic E-state index is 10.1. The summed E-state index contributed by atoms with van der Waals surface area (Å²) in [7, 11) is 0. The molecule has 1 nitrogen and oxygen atoms in total. The van der Waals surface area contributed by atoms with Crippen molar-refractivity contribution < 1.29 is 5.11 Å². The van der Waals surface area contributed by atoms with Gasteiger partial charge in [-0.05, 0) is 42.4 Å². The molecule has 0 amide bonds. The molecule has 1 atom stereocenters. The molecule has 0 heterocycles. The van der Waals surface area contributed by atoms with Gasteiger partial charge in [0.2, 0.25) is 0 Å². The number of aliphatic hydroxyl groups is 1.